The van der Waals surface area contributed by atoms with Crippen molar-refractivity contribution in [3.63, 3.8) is 0 Å². The first-order chi connectivity index (χ1) is 11.5. The fraction of sp³-hybridized carbons (Fsp3) is 0.350. The highest BCUT2D eigenvalue weighted by atomic mass is 16.1. The molecule has 0 saturated heterocycles. The molecule has 0 heterocycles. The third-order valence-electron chi connectivity index (χ3n) is 4.53. The molecule has 2 aromatic carbocycles. The molecular weight excluding hydrogens is 298 g/mol. The van der Waals surface area contributed by atoms with Crippen LogP contribution in [0.4, 0.5) is 5.69 Å². The number of amides is 1. The Morgan fingerprint density at radius 1 is 1.04 bits per heavy atom. The Balaban J connectivity index is 1.88. The molecule has 0 aliphatic heterocycles. The second-order valence-electron chi connectivity index (χ2n) is 6.27. The van der Waals surface area contributed by atoms with Crippen molar-refractivity contribution < 1.29 is 4.79 Å². The van der Waals surface area contributed by atoms with Crippen LogP contribution in [0.15, 0.2) is 60.7 Å². The van der Waals surface area contributed by atoms with Crippen molar-refractivity contribution in [3.8, 4) is 0 Å². The van der Waals surface area contributed by atoms with Gasteiger partial charge in [-0.2, -0.15) is 0 Å². The molecule has 0 aliphatic rings. The summed E-state index contributed by atoms with van der Waals surface area (Å²) < 4.78 is 0. The molecule has 3 atom stereocenters. The molecule has 0 spiro atoms. The van der Waals surface area contributed by atoms with E-state index in [1.54, 1.807) is 0 Å². The van der Waals surface area contributed by atoms with Gasteiger partial charge >= 0.3 is 0 Å². The Morgan fingerprint density at radius 3 is 2.17 bits per heavy atom. The lowest BCUT2D eigenvalue weighted by Crippen LogP contribution is -2.43. The van der Waals surface area contributed by atoms with Crippen molar-refractivity contribution in [1.82, 2.24) is 5.32 Å². The van der Waals surface area contributed by atoms with Crippen LogP contribution >= 0.6 is 0 Å². The van der Waals surface area contributed by atoms with Crippen molar-refractivity contribution in [1.29, 1.82) is 0 Å². The molecule has 1 amide bonds. The lowest BCUT2D eigenvalue weighted by molar-refractivity contribution is -0.125. The highest BCUT2D eigenvalue weighted by Gasteiger charge is 2.22. The van der Waals surface area contributed by atoms with Crippen LogP contribution in [0.2, 0.25) is 0 Å². The Kier molecular flexibility index (Phi) is 6.38. The van der Waals surface area contributed by atoms with Gasteiger partial charge in [-0.1, -0.05) is 55.5 Å². The molecule has 0 fully saturated rings. The predicted octanol–water partition coefficient (Wildman–Crippen LogP) is 2.96. The second-order valence-corrected chi connectivity index (χ2v) is 6.27. The molecule has 0 aromatic heterocycles. The van der Waals surface area contributed by atoms with Gasteiger partial charge < -0.3 is 16.0 Å². The van der Waals surface area contributed by atoms with Gasteiger partial charge in [0.15, 0.2) is 0 Å². The third kappa shape index (κ3) is 4.59. The van der Waals surface area contributed by atoms with Gasteiger partial charge in [-0.25, -0.2) is 0 Å². The molecule has 0 bridgehead atoms. The summed E-state index contributed by atoms with van der Waals surface area (Å²) in [6, 6.07) is 19.8. The minimum Gasteiger partial charge on any atom is -0.370 e. The van der Waals surface area contributed by atoms with Crippen LogP contribution < -0.4 is 16.0 Å². The topological polar surface area (TPSA) is 58.4 Å². The van der Waals surface area contributed by atoms with Crippen molar-refractivity contribution in [2.75, 3.05) is 18.5 Å². The molecule has 0 radical (unpaired) electrons. The normalized spacial score (nSPS) is 14.5. The average molecular weight is 325 g/mol. The van der Waals surface area contributed by atoms with E-state index in [9.17, 15) is 4.79 Å². The number of carbonyl (C=O) groups excluding carboxylic acids is 1. The summed E-state index contributed by atoms with van der Waals surface area (Å²) in [6.07, 6.45) is 0. The first kappa shape index (κ1) is 18.0. The number of carbonyl (C=O) groups is 1. The summed E-state index contributed by atoms with van der Waals surface area (Å²) in [5, 5.41) is 3.02. The molecule has 24 heavy (non-hydrogen) atoms. The summed E-state index contributed by atoms with van der Waals surface area (Å²) in [7, 11) is 2.03. The van der Waals surface area contributed by atoms with E-state index in [4.69, 9.17) is 5.73 Å². The molecule has 4 heteroatoms. The number of para-hydroxylation sites is 1. The summed E-state index contributed by atoms with van der Waals surface area (Å²) >= 11 is 0. The minimum absolute atomic E-state index is 0.0142. The molecule has 2 rings (SSSR count). The Bertz CT molecular complexity index is 630. The van der Waals surface area contributed by atoms with Gasteiger partial charge in [0.05, 0.1) is 5.92 Å². The van der Waals surface area contributed by atoms with Crippen LogP contribution in [0, 0.1) is 5.92 Å². The van der Waals surface area contributed by atoms with E-state index in [1.807, 2.05) is 62.5 Å². The smallest absolute Gasteiger partial charge is 0.224 e. The summed E-state index contributed by atoms with van der Waals surface area (Å²) in [6.45, 7) is 4.55. The minimum atomic E-state index is -0.298. The maximum absolute atomic E-state index is 12.4. The number of anilines is 1. The maximum atomic E-state index is 12.4. The quantitative estimate of drug-likeness (QED) is 0.823. The van der Waals surface area contributed by atoms with Gasteiger partial charge in [0.25, 0.3) is 0 Å². The molecule has 0 aliphatic carbocycles. The molecule has 3 N–H and O–H groups in total. The Labute approximate surface area is 144 Å². The van der Waals surface area contributed by atoms with E-state index in [-0.39, 0.29) is 23.9 Å². The van der Waals surface area contributed by atoms with Crippen LogP contribution in [0.3, 0.4) is 0 Å². The summed E-state index contributed by atoms with van der Waals surface area (Å²) in [5.74, 6) is -0.290. The van der Waals surface area contributed by atoms with Crippen LogP contribution in [0.1, 0.15) is 25.5 Å². The zero-order valence-corrected chi connectivity index (χ0v) is 14.6. The van der Waals surface area contributed by atoms with E-state index in [2.05, 4.69) is 29.3 Å². The van der Waals surface area contributed by atoms with E-state index in [1.165, 1.54) is 0 Å². The van der Waals surface area contributed by atoms with Crippen molar-refractivity contribution in [2.24, 2.45) is 11.7 Å². The zero-order valence-electron chi connectivity index (χ0n) is 14.6. The molecule has 3 unspecified atom stereocenters. The fourth-order valence-electron chi connectivity index (χ4n) is 2.59. The van der Waals surface area contributed by atoms with Gasteiger partial charge in [0, 0.05) is 31.4 Å². The van der Waals surface area contributed by atoms with Gasteiger partial charge in [0.1, 0.15) is 0 Å². The number of rotatable bonds is 7. The molecular formula is C20H27N3O. The first-order valence-corrected chi connectivity index (χ1v) is 8.37. The maximum Gasteiger partial charge on any atom is 0.224 e. The first-order valence-electron chi connectivity index (χ1n) is 8.37. The predicted molar refractivity (Wildman–Crippen MR) is 99.9 cm³/mol. The van der Waals surface area contributed by atoms with Crippen molar-refractivity contribution >= 4 is 11.6 Å². The summed E-state index contributed by atoms with van der Waals surface area (Å²) in [5.41, 5.74) is 8.34. The number of hydrogen-bond acceptors (Lipinski definition) is 3. The van der Waals surface area contributed by atoms with E-state index in [0.717, 1.165) is 11.3 Å². The van der Waals surface area contributed by atoms with Crippen LogP contribution in [0.25, 0.3) is 0 Å². The van der Waals surface area contributed by atoms with Crippen LogP contribution in [-0.4, -0.2) is 25.5 Å². The van der Waals surface area contributed by atoms with Crippen LogP contribution in [0.5, 0.6) is 0 Å². The number of hydrogen-bond donors (Lipinski definition) is 2. The number of benzene rings is 2. The largest absolute Gasteiger partial charge is 0.370 e. The van der Waals surface area contributed by atoms with Crippen molar-refractivity contribution in [3.05, 3.63) is 66.2 Å². The molecule has 0 saturated carbocycles. The van der Waals surface area contributed by atoms with Gasteiger partial charge in [-0.15, -0.1) is 0 Å². The van der Waals surface area contributed by atoms with Gasteiger partial charge in [-0.05, 0) is 24.6 Å². The van der Waals surface area contributed by atoms with E-state index in [0.29, 0.717) is 6.54 Å². The lowest BCUT2D eigenvalue weighted by atomic mass is 9.94. The Hall–Kier alpha value is -2.33. The zero-order chi connectivity index (χ0) is 17.5. The van der Waals surface area contributed by atoms with Gasteiger partial charge in [-0.3, -0.25) is 4.79 Å². The van der Waals surface area contributed by atoms with Gasteiger partial charge in [0.2, 0.25) is 5.91 Å². The average Bonchev–Trinajstić information content (AvgIpc) is 2.65. The Morgan fingerprint density at radius 2 is 1.58 bits per heavy atom. The number of nitrogens with one attached hydrogen (secondary N) is 1. The number of nitrogens with two attached hydrogens (primary N) is 1. The summed E-state index contributed by atoms with van der Waals surface area (Å²) in [4.78, 5) is 14.6. The molecule has 128 valence electrons. The monoisotopic (exact) mass is 325 g/mol. The van der Waals surface area contributed by atoms with E-state index < -0.39 is 0 Å². The SMILES string of the molecule is CC(C(=O)NCC(C)N(C)c1ccccc1)C(N)c1ccccc1. The van der Waals surface area contributed by atoms with E-state index >= 15 is 0 Å². The highest BCUT2D eigenvalue weighted by molar-refractivity contribution is 5.79. The molecule has 4 nitrogen and oxygen atoms in total. The third-order valence-corrected chi connectivity index (χ3v) is 4.53. The highest BCUT2D eigenvalue weighted by Crippen LogP contribution is 2.19. The van der Waals surface area contributed by atoms with Crippen molar-refractivity contribution in [2.45, 2.75) is 25.9 Å². The number of likely N-dealkylation sites (N-methyl/N-ethyl adjacent to an activating group) is 1. The lowest BCUT2D eigenvalue weighted by Gasteiger charge is -2.28. The standard InChI is InChI=1S/C20H27N3O/c1-15(23(3)18-12-8-5-9-13-18)14-22-20(24)16(2)19(21)17-10-6-4-7-11-17/h4-13,15-16,19H,14,21H2,1-3H3,(H,22,24). The number of nitrogens with zero attached hydrogens (tertiary/aromatic N) is 1. The second kappa shape index (κ2) is 8.50. The fourth-order valence-corrected chi connectivity index (χ4v) is 2.59. The molecule has 2 aromatic rings. The van der Waals surface area contributed by atoms with Crippen LogP contribution in [-0.2, 0) is 4.79 Å².